The number of carboxylic acids is 1. The normalized spacial score (nSPS) is 10.8. The van der Waals surface area contributed by atoms with Crippen molar-refractivity contribution in [2.45, 2.75) is 6.42 Å². The Kier molecular flexibility index (Phi) is 3.48. The van der Waals surface area contributed by atoms with Gasteiger partial charge in [-0.15, -0.1) is 0 Å². The summed E-state index contributed by atoms with van der Waals surface area (Å²) in [6.07, 6.45) is 0.106. The van der Waals surface area contributed by atoms with Gasteiger partial charge < -0.3 is 16.6 Å². The molecule has 0 saturated heterocycles. The lowest BCUT2D eigenvalue weighted by molar-refractivity contribution is -0.131. The Balaban J connectivity index is 4.55. The average Bonchev–Trinajstić information content (AvgIpc) is 1.83. The monoisotopic (exact) mass is 172 g/mol. The van der Waals surface area contributed by atoms with Crippen LogP contribution in [-0.4, -0.2) is 22.9 Å². The van der Waals surface area contributed by atoms with E-state index in [0.717, 1.165) is 0 Å². The number of carbonyl (C=O) groups excluding carboxylic acids is 2. The minimum absolute atomic E-state index is 0.310. The third-order valence-electron chi connectivity index (χ3n) is 0.979. The maximum absolute atomic E-state index is 10.5. The Morgan fingerprint density at radius 2 is 1.75 bits per heavy atom. The molecular weight excluding hydrogens is 164 g/mol. The number of nitrogens with two attached hydrogens (primary N) is 2. The standard InChI is InChI=1S/C6H8N2O4/c7-4(9)1-3(6(8)12)2-5(10)11/h2H,1H2,(H2,7,9)(H2,8,12)(H,10,11). The number of primary amides is 2. The van der Waals surface area contributed by atoms with Crippen LogP contribution in [0.25, 0.3) is 0 Å². The molecule has 6 nitrogen and oxygen atoms in total. The summed E-state index contributed by atoms with van der Waals surface area (Å²) in [6, 6.07) is 0. The summed E-state index contributed by atoms with van der Waals surface area (Å²) in [5.41, 5.74) is 9.17. The van der Waals surface area contributed by atoms with Gasteiger partial charge in [-0.05, 0) is 0 Å². The lowest BCUT2D eigenvalue weighted by Gasteiger charge is -1.96. The SMILES string of the molecule is NC(=O)CC(=CC(=O)O)C(N)=O. The average molecular weight is 172 g/mol. The number of carbonyl (C=O) groups is 3. The fraction of sp³-hybridized carbons (Fsp3) is 0.167. The molecule has 0 aliphatic heterocycles. The number of carboxylic acid groups (broad SMARTS) is 1. The maximum atomic E-state index is 10.5. The number of aliphatic carboxylic acids is 1. The van der Waals surface area contributed by atoms with Gasteiger partial charge in [0.2, 0.25) is 11.8 Å². The van der Waals surface area contributed by atoms with Gasteiger partial charge >= 0.3 is 5.97 Å². The van der Waals surface area contributed by atoms with Crippen molar-refractivity contribution in [3.05, 3.63) is 11.6 Å². The number of hydrogen-bond acceptors (Lipinski definition) is 3. The molecule has 0 rings (SSSR count). The molecule has 0 aromatic rings. The van der Waals surface area contributed by atoms with Crippen molar-refractivity contribution < 1.29 is 19.5 Å². The minimum atomic E-state index is -1.34. The third-order valence-corrected chi connectivity index (χ3v) is 0.979. The molecule has 66 valence electrons. The zero-order valence-corrected chi connectivity index (χ0v) is 6.11. The van der Waals surface area contributed by atoms with Gasteiger partial charge in [-0.25, -0.2) is 4.79 Å². The van der Waals surface area contributed by atoms with E-state index < -0.39 is 24.2 Å². The number of hydrogen-bond donors (Lipinski definition) is 3. The predicted octanol–water partition coefficient (Wildman–Crippen LogP) is -1.64. The first kappa shape index (κ1) is 10.2. The molecule has 0 aliphatic rings. The van der Waals surface area contributed by atoms with Crippen LogP contribution in [0.2, 0.25) is 0 Å². The summed E-state index contributed by atoms with van der Waals surface area (Å²) in [4.78, 5) is 30.8. The van der Waals surface area contributed by atoms with Gasteiger partial charge in [0.05, 0.1) is 6.42 Å². The molecule has 0 radical (unpaired) electrons. The van der Waals surface area contributed by atoms with E-state index in [4.69, 9.17) is 16.6 Å². The molecule has 0 aromatic carbocycles. The second-order valence-corrected chi connectivity index (χ2v) is 2.02. The van der Waals surface area contributed by atoms with Gasteiger partial charge in [-0.1, -0.05) is 0 Å². The molecule has 2 amide bonds. The van der Waals surface area contributed by atoms with Crippen molar-refractivity contribution >= 4 is 17.8 Å². The first-order valence-corrected chi connectivity index (χ1v) is 2.95. The van der Waals surface area contributed by atoms with Crippen molar-refractivity contribution in [1.82, 2.24) is 0 Å². The van der Waals surface area contributed by atoms with E-state index in [1.54, 1.807) is 0 Å². The first-order chi connectivity index (χ1) is 5.43. The first-order valence-electron chi connectivity index (χ1n) is 2.95. The zero-order valence-electron chi connectivity index (χ0n) is 6.11. The topological polar surface area (TPSA) is 123 Å². The third kappa shape index (κ3) is 4.04. The van der Waals surface area contributed by atoms with Crippen LogP contribution in [0.4, 0.5) is 0 Å². The van der Waals surface area contributed by atoms with Gasteiger partial charge in [0.25, 0.3) is 0 Å². The highest BCUT2D eigenvalue weighted by molar-refractivity contribution is 6.01. The Bertz CT molecular complexity index is 256. The maximum Gasteiger partial charge on any atom is 0.328 e. The Morgan fingerprint density at radius 1 is 1.25 bits per heavy atom. The summed E-state index contributed by atoms with van der Waals surface area (Å²) in [7, 11) is 0. The molecule has 0 spiro atoms. The highest BCUT2D eigenvalue weighted by atomic mass is 16.4. The van der Waals surface area contributed by atoms with Gasteiger partial charge in [-0.3, -0.25) is 9.59 Å². The smallest absolute Gasteiger partial charge is 0.328 e. The second-order valence-electron chi connectivity index (χ2n) is 2.02. The fourth-order valence-electron chi connectivity index (χ4n) is 0.546. The van der Waals surface area contributed by atoms with Crippen LogP contribution in [-0.2, 0) is 14.4 Å². The van der Waals surface area contributed by atoms with Gasteiger partial charge in [0, 0.05) is 11.6 Å². The molecule has 5 N–H and O–H groups in total. The molecule has 0 fully saturated rings. The predicted molar refractivity (Wildman–Crippen MR) is 38.7 cm³/mol. The van der Waals surface area contributed by atoms with Crippen molar-refractivity contribution in [3.8, 4) is 0 Å². The molecule has 0 aromatic heterocycles. The highest BCUT2D eigenvalue weighted by Gasteiger charge is 2.09. The molecule has 0 atom stereocenters. The Labute approximate surface area is 67.8 Å². The van der Waals surface area contributed by atoms with Gasteiger partial charge in [0.15, 0.2) is 0 Å². The fourth-order valence-corrected chi connectivity index (χ4v) is 0.546. The summed E-state index contributed by atoms with van der Waals surface area (Å²) in [6.45, 7) is 0. The lowest BCUT2D eigenvalue weighted by Crippen LogP contribution is -2.21. The molecule has 6 heteroatoms. The molecule has 12 heavy (non-hydrogen) atoms. The molecule has 0 saturated carbocycles. The van der Waals surface area contributed by atoms with Crippen LogP contribution >= 0.6 is 0 Å². The molecule has 0 bridgehead atoms. The van der Waals surface area contributed by atoms with E-state index in [2.05, 4.69) is 0 Å². The van der Waals surface area contributed by atoms with E-state index in [9.17, 15) is 14.4 Å². The minimum Gasteiger partial charge on any atom is -0.478 e. The van der Waals surface area contributed by atoms with Crippen molar-refractivity contribution in [3.63, 3.8) is 0 Å². The largest absolute Gasteiger partial charge is 0.478 e. The Morgan fingerprint density at radius 3 is 2.00 bits per heavy atom. The summed E-state index contributed by atoms with van der Waals surface area (Å²) in [5.74, 6) is -3.11. The van der Waals surface area contributed by atoms with E-state index in [-0.39, 0.29) is 5.57 Å². The van der Waals surface area contributed by atoms with Crippen LogP contribution in [0.5, 0.6) is 0 Å². The number of amides is 2. The van der Waals surface area contributed by atoms with E-state index >= 15 is 0 Å². The summed E-state index contributed by atoms with van der Waals surface area (Å²) in [5, 5.41) is 8.21. The van der Waals surface area contributed by atoms with Crippen LogP contribution in [0.3, 0.4) is 0 Å². The number of rotatable bonds is 4. The summed E-state index contributed by atoms with van der Waals surface area (Å²) < 4.78 is 0. The summed E-state index contributed by atoms with van der Waals surface area (Å²) >= 11 is 0. The lowest BCUT2D eigenvalue weighted by atomic mass is 10.1. The van der Waals surface area contributed by atoms with Crippen molar-refractivity contribution in [1.29, 1.82) is 0 Å². The quantitative estimate of drug-likeness (QED) is 0.440. The van der Waals surface area contributed by atoms with Crippen molar-refractivity contribution in [2.75, 3.05) is 0 Å². The van der Waals surface area contributed by atoms with Crippen LogP contribution < -0.4 is 11.5 Å². The second kappa shape index (κ2) is 4.12. The zero-order chi connectivity index (χ0) is 9.72. The van der Waals surface area contributed by atoms with Crippen LogP contribution in [0.1, 0.15) is 6.42 Å². The Hall–Kier alpha value is -1.85. The van der Waals surface area contributed by atoms with E-state index in [0.29, 0.717) is 6.08 Å². The molecular formula is C6H8N2O4. The van der Waals surface area contributed by atoms with E-state index in [1.165, 1.54) is 0 Å². The van der Waals surface area contributed by atoms with E-state index in [1.807, 2.05) is 0 Å². The highest BCUT2D eigenvalue weighted by Crippen LogP contribution is 1.98. The molecule has 0 unspecified atom stereocenters. The van der Waals surface area contributed by atoms with Crippen LogP contribution in [0, 0.1) is 0 Å². The van der Waals surface area contributed by atoms with Crippen LogP contribution in [0.15, 0.2) is 11.6 Å². The van der Waals surface area contributed by atoms with Gasteiger partial charge in [-0.2, -0.15) is 0 Å². The molecule has 0 aliphatic carbocycles. The molecule has 0 heterocycles. The van der Waals surface area contributed by atoms with Crippen molar-refractivity contribution in [2.24, 2.45) is 11.5 Å². The van der Waals surface area contributed by atoms with Gasteiger partial charge in [0.1, 0.15) is 0 Å².